The number of nitrogen functional groups attached to an aromatic ring is 1. The number of carbonyl (C=O) groups is 2. The number of amidine groups is 1. The van der Waals surface area contributed by atoms with E-state index in [2.05, 4.69) is 10.6 Å². The van der Waals surface area contributed by atoms with Gasteiger partial charge in [0, 0.05) is 29.4 Å². The van der Waals surface area contributed by atoms with Crippen LogP contribution in [0.2, 0.25) is 0 Å². The number of carbonyl (C=O) groups excluding carboxylic acids is 2. The number of nitrogens with two attached hydrogens (primary N) is 1. The lowest BCUT2D eigenvalue weighted by Crippen LogP contribution is -2.36. The average molecular weight is 447 g/mol. The first-order valence-electron chi connectivity index (χ1n) is 10.2. The highest BCUT2D eigenvalue weighted by Crippen LogP contribution is 2.25. The second-order valence-electron chi connectivity index (χ2n) is 7.22. The quantitative estimate of drug-likeness (QED) is 0.228. The van der Waals surface area contributed by atoms with Crippen LogP contribution >= 0.6 is 0 Å². The van der Waals surface area contributed by atoms with Crippen molar-refractivity contribution in [1.82, 2.24) is 5.32 Å². The van der Waals surface area contributed by atoms with Gasteiger partial charge in [0.1, 0.15) is 23.3 Å². The van der Waals surface area contributed by atoms with Crippen molar-refractivity contribution in [3.8, 4) is 11.5 Å². The minimum absolute atomic E-state index is 0.0663. The molecule has 5 N–H and O–H groups in total. The summed E-state index contributed by atoms with van der Waals surface area (Å²) in [6.45, 7) is 0.177. The van der Waals surface area contributed by atoms with E-state index in [0.29, 0.717) is 28.3 Å². The first-order chi connectivity index (χ1) is 15.9. The summed E-state index contributed by atoms with van der Waals surface area (Å²) in [5, 5.41) is 13.1. The third-order valence-electron chi connectivity index (χ3n) is 5.07. The van der Waals surface area contributed by atoms with Crippen LogP contribution in [0.5, 0.6) is 11.5 Å². The molecule has 8 heteroatoms. The lowest BCUT2D eigenvalue weighted by Gasteiger charge is -2.18. The Morgan fingerprint density at radius 3 is 2.24 bits per heavy atom. The molecule has 0 bridgehead atoms. The van der Waals surface area contributed by atoms with Gasteiger partial charge in [0.2, 0.25) is 11.8 Å². The first-order valence-corrected chi connectivity index (χ1v) is 10.2. The van der Waals surface area contributed by atoms with Gasteiger partial charge in [-0.2, -0.15) is 0 Å². The summed E-state index contributed by atoms with van der Waals surface area (Å²) >= 11 is 0. The maximum Gasteiger partial charge on any atom is 0.241 e. The predicted molar refractivity (Wildman–Crippen MR) is 127 cm³/mol. The van der Waals surface area contributed by atoms with Crippen LogP contribution in [0.4, 0.5) is 5.69 Å². The number of hydrogen-bond acceptors (Lipinski definition) is 5. The zero-order valence-electron chi connectivity index (χ0n) is 18.4. The Balaban J connectivity index is 1.78. The van der Waals surface area contributed by atoms with Crippen molar-refractivity contribution < 1.29 is 19.1 Å². The summed E-state index contributed by atoms with van der Waals surface area (Å²) in [4.78, 5) is 26.2. The molecule has 3 rings (SSSR count). The van der Waals surface area contributed by atoms with Gasteiger partial charge in [-0.15, -0.1) is 0 Å². The van der Waals surface area contributed by atoms with Crippen LogP contribution in [0.1, 0.15) is 22.6 Å². The van der Waals surface area contributed by atoms with Crippen LogP contribution < -0.4 is 25.8 Å². The van der Waals surface area contributed by atoms with E-state index >= 15 is 0 Å². The minimum Gasteiger partial charge on any atom is -0.497 e. The number of ether oxygens (including phenoxy) is 2. The third kappa shape index (κ3) is 5.88. The van der Waals surface area contributed by atoms with Gasteiger partial charge in [0.05, 0.1) is 14.2 Å². The Kier molecular flexibility index (Phi) is 7.64. The number of nitrogens with one attached hydrogen (secondary N) is 3. The Bertz CT molecular complexity index is 1130. The highest BCUT2D eigenvalue weighted by Gasteiger charge is 2.28. The van der Waals surface area contributed by atoms with Crippen molar-refractivity contribution in [3.63, 3.8) is 0 Å². The fraction of sp³-hybridized carbons (Fsp3) is 0.160. The molecular formula is C25H26N4O4. The van der Waals surface area contributed by atoms with Crippen molar-refractivity contribution in [2.24, 2.45) is 5.73 Å². The third-order valence-corrected chi connectivity index (χ3v) is 5.07. The molecule has 2 amide bonds. The van der Waals surface area contributed by atoms with Crippen LogP contribution in [0, 0.1) is 5.41 Å². The predicted octanol–water partition coefficient (Wildman–Crippen LogP) is 3.03. The van der Waals surface area contributed by atoms with E-state index < -0.39 is 17.7 Å². The molecule has 33 heavy (non-hydrogen) atoms. The summed E-state index contributed by atoms with van der Waals surface area (Å²) in [6.07, 6.45) is 0. The fourth-order valence-electron chi connectivity index (χ4n) is 3.30. The van der Waals surface area contributed by atoms with Gasteiger partial charge in [-0.25, -0.2) is 0 Å². The monoisotopic (exact) mass is 446 g/mol. The Labute approximate surface area is 192 Å². The highest BCUT2D eigenvalue weighted by molar-refractivity contribution is 6.11. The Hall–Kier alpha value is -4.33. The van der Waals surface area contributed by atoms with Crippen LogP contribution in [-0.2, 0) is 16.1 Å². The topological polar surface area (TPSA) is 127 Å². The van der Waals surface area contributed by atoms with E-state index in [1.807, 2.05) is 6.07 Å². The van der Waals surface area contributed by atoms with Crippen LogP contribution in [0.3, 0.4) is 0 Å². The number of methoxy groups -OCH3 is 2. The molecule has 0 aliphatic carbocycles. The number of rotatable bonds is 9. The Morgan fingerprint density at radius 1 is 0.939 bits per heavy atom. The van der Waals surface area contributed by atoms with Gasteiger partial charge >= 0.3 is 0 Å². The van der Waals surface area contributed by atoms with Crippen LogP contribution in [0.25, 0.3) is 0 Å². The molecule has 3 aromatic rings. The van der Waals surface area contributed by atoms with Gasteiger partial charge in [-0.3, -0.25) is 15.0 Å². The lowest BCUT2D eigenvalue weighted by atomic mass is 9.96. The molecule has 0 aliphatic rings. The number of hydrogen-bond donors (Lipinski definition) is 4. The molecular weight excluding hydrogens is 420 g/mol. The molecule has 0 radical (unpaired) electrons. The molecule has 0 saturated carbocycles. The number of benzene rings is 3. The fourth-order valence-corrected chi connectivity index (χ4v) is 3.30. The van der Waals surface area contributed by atoms with Crippen molar-refractivity contribution in [2.75, 3.05) is 19.5 Å². The Morgan fingerprint density at radius 2 is 1.64 bits per heavy atom. The molecule has 1 unspecified atom stereocenters. The van der Waals surface area contributed by atoms with E-state index in [4.69, 9.17) is 20.6 Å². The highest BCUT2D eigenvalue weighted by atomic mass is 16.5. The second kappa shape index (κ2) is 10.8. The minimum atomic E-state index is -1.07. The molecule has 170 valence electrons. The summed E-state index contributed by atoms with van der Waals surface area (Å²) in [6, 6.07) is 20.7. The molecule has 0 aliphatic heterocycles. The van der Waals surface area contributed by atoms with Crippen molar-refractivity contribution in [2.45, 2.75) is 12.5 Å². The van der Waals surface area contributed by atoms with Crippen LogP contribution in [0.15, 0.2) is 72.8 Å². The summed E-state index contributed by atoms with van der Waals surface area (Å²) in [5.41, 5.74) is 7.82. The number of amides is 2. The van der Waals surface area contributed by atoms with E-state index in [9.17, 15) is 9.59 Å². The largest absolute Gasteiger partial charge is 0.497 e. The standard InChI is InChI=1S/C25H26N4O4/c1-32-20-13-10-18(21(14-20)33-2)15-28-24(30)22(16-6-4-3-5-7-16)25(31)29-19-11-8-17(9-12-19)23(26)27/h3-14,22H,15H2,1-2H3,(H3,26,27)(H,28,30)(H,29,31). The van der Waals surface area contributed by atoms with E-state index in [0.717, 1.165) is 5.56 Å². The van der Waals surface area contributed by atoms with E-state index in [1.165, 1.54) is 7.11 Å². The lowest BCUT2D eigenvalue weighted by molar-refractivity contribution is -0.129. The molecule has 0 heterocycles. The number of anilines is 1. The van der Waals surface area contributed by atoms with Gasteiger partial charge < -0.3 is 25.8 Å². The average Bonchev–Trinajstić information content (AvgIpc) is 2.83. The zero-order valence-corrected chi connectivity index (χ0v) is 18.4. The smallest absolute Gasteiger partial charge is 0.241 e. The van der Waals surface area contributed by atoms with Gasteiger partial charge in [0.15, 0.2) is 0 Å². The first kappa shape index (κ1) is 23.3. The zero-order chi connectivity index (χ0) is 23.8. The van der Waals surface area contributed by atoms with Crippen molar-refractivity contribution >= 4 is 23.3 Å². The molecule has 1 atom stereocenters. The van der Waals surface area contributed by atoms with Crippen molar-refractivity contribution in [3.05, 3.63) is 89.5 Å². The summed E-state index contributed by atoms with van der Waals surface area (Å²) in [7, 11) is 3.10. The normalized spacial score (nSPS) is 11.2. The maximum absolute atomic E-state index is 13.1. The molecule has 8 nitrogen and oxygen atoms in total. The summed E-state index contributed by atoms with van der Waals surface area (Å²) in [5.74, 6) is -0.848. The van der Waals surface area contributed by atoms with Crippen molar-refractivity contribution in [1.29, 1.82) is 5.41 Å². The van der Waals surface area contributed by atoms with Crippen LogP contribution in [-0.4, -0.2) is 31.9 Å². The molecule has 3 aromatic carbocycles. The molecule has 0 spiro atoms. The van der Waals surface area contributed by atoms with E-state index in [-0.39, 0.29) is 12.4 Å². The van der Waals surface area contributed by atoms with Gasteiger partial charge in [-0.1, -0.05) is 30.3 Å². The molecule has 0 fully saturated rings. The molecule has 0 saturated heterocycles. The molecule has 0 aromatic heterocycles. The maximum atomic E-state index is 13.1. The van der Waals surface area contributed by atoms with E-state index in [1.54, 1.807) is 73.8 Å². The van der Waals surface area contributed by atoms with Gasteiger partial charge in [-0.05, 0) is 42.0 Å². The van der Waals surface area contributed by atoms with Gasteiger partial charge in [0.25, 0.3) is 0 Å². The second-order valence-corrected chi connectivity index (χ2v) is 7.22. The SMILES string of the molecule is COc1ccc(CNC(=O)C(C(=O)Nc2ccc(C(=N)N)cc2)c2ccccc2)c(OC)c1. The summed E-state index contributed by atoms with van der Waals surface area (Å²) < 4.78 is 10.6.